The van der Waals surface area contributed by atoms with Gasteiger partial charge in [-0.3, -0.25) is 38.4 Å². The molecule has 8 atom stereocenters. The molecule has 8 amide bonds. The fourth-order valence-electron chi connectivity index (χ4n) is 5.56. The summed E-state index contributed by atoms with van der Waals surface area (Å²) in [6.45, 7) is 11.9. The van der Waals surface area contributed by atoms with Crippen molar-refractivity contribution in [2.24, 2.45) is 40.7 Å². The van der Waals surface area contributed by atoms with Gasteiger partial charge in [-0.15, -0.1) is 0 Å². The Balaban J connectivity index is 6.22. The molecule has 16 N–H and O–H groups in total. The van der Waals surface area contributed by atoms with Gasteiger partial charge in [-0.05, 0) is 69.7 Å². The van der Waals surface area contributed by atoms with Crippen LogP contribution in [0.1, 0.15) is 99.8 Å². The first-order chi connectivity index (χ1) is 26.4. The average Bonchev–Trinajstić information content (AvgIpc) is 3.08. The molecule has 21 heteroatoms. The van der Waals surface area contributed by atoms with Gasteiger partial charge in [-0.1, -0.05) is 41.5 Å². The van der Waals surface area contributed by atoms with E-state index in [9.17, 15) is 53.4 Å². The predicted molar refractivity (Wildman–Crippen MR) is 208 cm³/mol. The van der Waals surface area contributed by atoms with Gasteiger partial charge in [0.05, 0.1) is 18.6 Å². The smallest absolute Gasteiger partial charge is 0.326 e. The van der Waals surface area contributed by atoms with Crippen LogP contribution in [0.4, 0.5) is 0 Å². The van der Waals surface area contributed by atoms with Crippen molar-refractivity contribution in [3.8, 4) is 0 Å². The minimum Gasteiger partial charge on any atom is -0.480 e. The molecule has 0 aromatic heterocycles. The maximum atomic E-state index is 13.8. The van der Waals surface area contributed by atoms with E-state index in [0.29, 0.717) is 12.8 Å². The Morgan fingerprint density at radius 1 is 0.544 bits per heavy atom. The number of carboxylic acids is 1. The van der Waals surface area contributed by atoms with Crippen LogP contribution in [-0.4, -0.2) is 118 Å². The largest absolute Gasteiger partial charge is 0.480 e. The Bertz CT molecular complexity index is 1390. The normalized spacial score (nSPS) is 15.5. The second-order valence-electron chi connectivity index (χ2n) is 15.4. The van der Waals surface area contributed by atoms with Crippen molar-refractivity contribution in [1.29, 1.82) is 0 Å². The molecule has 21 nitrogen and oxygen atoms in total. The summed E-state index contributed by atoms with van der Waals surface area (Å²) in [7, 11) is 0. The van der Waals surface area contributed by atoms with Crippen LogP contribution in [0.5, 0.6) is 0 Å². The molecule has 57 heavy (non-hydrogen) atoms. The summed E-state index contributed by atoms with van der Waals surface area (Å²) in [5.41, 5.74) is 21.9. The number of aliphatic carboxylic acids is 1. The molecule has 0 rings (SSSR count). The number of nitrogens with two attached hydrogens (primary N) is 4. The molecule has 0 saturated heterocycles. The number of hydrogen-bond donors (Lipinski definition) is 12. The molecule has 326 valence electrons. The van der Waals surface area contributed by atoms with Gasteiger partial charge in [0.25, 0.3) is 0 Å². The Hall–Kier alpha value is -4.89. The van der Waals surface area contributed by atoms with Crippen molar-refractivity contribution in [1.82, 2.24) is 31.9 Å². The molecule has 0 heterocycles. The van der Waals surface area contributed by atoms with Crippen molar-refractivity contribution < 1.29 is 53.4 Å². The maximum Gasteiger partial charge on any atom is 0.326 e. The van der Waals surface area contributed by atoms with Crippen LogP contribution in [-0.2, 0) is 43.2 Å². The van der Waals surface area contributed by atoms with Crippen molar-refractivity contribution in [3.05, 3.63) is 0 Å². The highest BCUT2D eigenvalue weighted by Crippen LogP contribution is 2.11. The van der Waals surface area contributed by atoms with Crippen LogP contribution < -0.4 is 54.8 Å². The number of aliphatic hydroxyl groups is 1. The predicted octanol–water partition coefficient (Wildman–Crippen LogP) is -3.29. The molecule has 0 aromatic carbocycles. The lowest BCUT2D eigenvalue weighted by molar-refractivity contribution is -0.142. The Labute approximate surface area is 333 Å². The van der Waals surface area contributed by atoms with Gasteiger partial charge < -0.3 is 65.0 Å². The van der Waals surface area contributed by atoms with Gasteiger partial charge in [0.15, 0.2) is 0 Å². The van der Waals surface area contributed by atoms with Gasteiger partial charge in [0, 0.05) is 6.42 Å². The van der Waals surface area contributed by atoms with Gasteiger partial charge in [0.2, 0.25) is 47.3 Å². The lowest BCUT2D eigenvalue weighted by Crippen LogP contribution is -2.62. The fraction of sp³-hybridized carbons (Fsp3) is 0.750. The summed E-state index contributed by atoms with van der Waals surface area (Å²) in [6, 6.07) is -9.57. The maximum absolute atomic E-state index is 13.8. The summed E-state index contributed by atoms with van der Waals surface area (Å²) in [5.74, 6) is -9.13. The third-order valence-corrected chi connectivity index (χ3v) is 8.62. The lowest BCUT2D eigenvalue weighted by atomic mass is 9.98. The summed E-state index contributed by atoms with van der Waals surface area (Å²) in [6.07, 6.45) is -1.59. The summed E-state index contributed by atoms with van der Waals surface area (Å²) in [5, 5.41) is 34.7. The van der Waals surface area contributed by atoms with Gasteiger partial charge in [-0.2, -0.15) is 0 Å². The third-order valence-electron chi connectivity index (χ3n) is 8.62. The number of hydrogen-bond acceptors (Lipinski definition) is 12. The van der Waals surface area contributed by atoms with Crippen molar-refractivity contribution >= 4 is 53.2 Å². The van der Waals surface area contributed by atoms with E-state index in [2.05, 4.69) is 31.9 Å². The second-order valence-corrected chi connectivity index (χ2v) is 15.4. The molecular weight excluding hydrogens is 748 g/mol. The molecule has 0 radical (unpaired) electrons. The molecule has 0 bridgehead atoms. The van der Waals surface area contributed by atoms with Gasteiger partial charge in [-0.25, -0.2) is 4.79 Å². The molecule has 0 saturated carbocycles. The first-order valence-corrected chi connectivity index (χ1v) is 19.2. The number of nitrogens with one attached hydrogen (secondary N) is 6. The highest BCUT2D eigenvalue weighted by Gasteiger charge is 2.36. The molecule has 0 spiro atoms. The van der Waals surface area contributed by atoms with E-state index >= 15 is 0 Å². The van der Waals surface area contributed by atoms with E-state index < -0.39 is 114 Å². The molecule has 0 aliphatic rings. The molecule has 0 fully saturated rings. The minimum absolute atomic E-state index is 0.0323. The second kappa shape index (κ2) is 26.1. The zero-order valence-corrected chi connectivity index (χ0v) is 34.1. The SMILES string of the molecule is CC(C)C[C@H](NC(=O)[C@@H](NC(=O)[C@H](CC(N)=O)NC(=O)[C@@H](N)CC(C)C)[C@@H](C)O)C(=O)N[C@H](C(=O)N[C@@H](CCCCN)C(=O)N[C@@H](CCC(N)=O)C(=O)O)C(C)C. The van der Waals surface area contributed by atoms with Gasteiger partial charge in [0.1, 0.15) is 36.3 Å². The van der Waals surface area contributed by atoms with E-state index in [1.54, 1.807) is 27.7 Å². The van der Waals surface area contributed by atoms with Crippen LogP contribution in [0.15, 0.2) is 0 Å². The van der Waals surface area contributed by atoms with Crippen LogP contribution >= 0.6 is 0 Å². The molecular formula is C36H66N10O11. The molecule has 0 aromatic rings. The Kier molecular flexibility index (Phi) is 23.9. The number of aliphatic hydroxyl groups excluding tert-OH is 1. The van der Waals surface area contributed by atoms with Crippen molar-refractivity contribution in [2.45, 2.75) is 148 Å². The van der Waals surface area contributed by atoms with Gasteiger partial charge >= 0.3 is 5.97 Å². The number of carbonyl (C=O) groups excluding carboxylic acids is 8. The highest BCUT2D eigenvalue weighted by atomic mass is 16.4. The zero-order valence-electron chi connectivity index (χ0n) is 34.1. The number of unbranched alkanes of at least 4 members (excludes halogenated alkanes) is 1. The fourth-order valence-corrected chi connectivity index (χ4v) is 5.56. The van der Waals surface area contributed by atoms with Crippen LogP contribution in [0, 0.1) is 17.8 Å². The highest BCUT2D eigenvalue weighted by molar-refractivity contribution is 5.98. The zero-order chi connectivity index (χ0) is 44.2. The number of carboxylic acid groups (broad SMARTS) is 1. The first kappa shape index (κ1) is 52.1. The Morgan fingerprint density at radius 2 is 1.02 bits per heavy atom. The monoisotopic (exact) mass is 814 g/mol. The number of primary amides is 2. The summed E-state index contributed by atoms with van der Waals surface area (Å²) < 4.78 is 0. The molecule has 0 aliphatic carbocycles. The third kappa shape index (κ3) is 20.7. The van der Waals surface area contributed by atoms with E-state index in [1.165, 1.54) is 6.92 Å². The Morgan fingerprint density at radius 3 is 1.49 bits per heavy atom. The van der Waals surface area contributed by atoms with E-state index in [4.69, 9.17) is 22.9 Å². The van der Waals surface area contributed by atoms with E-state index in [-0.39, 0.29) is 50.5 Å². The van der Waals surface area contributed by atoms with Crippen LogP contribution in [0.25, 0.3) is 0 Å². The summed E-state index contributed by atoms with van der Waals surface area (Å²) >= 11 is 0. The average molecular weight is 815 g/mol. The standard InChI is InChI=1S/C36H66N10O11/c1-17(2)14-21(38)30(50)43-25(16-27(40)49)33(53)46-29(20(7)47)35(55)44-24(15-18(3)4)32(52)45-28(19(5)6)34(54)41-22(10-8-9-13-37)31(51)42-23(36(56)57)11-12-26(39)48/h17-25,28-29,47H,8-16,37-38H2,1-7H3,(H2,39,48)(H2,40,49)(H,41,54)(H,42,51)(H,43,50)(H,44,55)(H,45,52)(H,46,53)(H,56,57)/t20-,21+,22+,23+,24+,25+,28+,29+/m1/s1. The quantitative estimate of drug-likeness (QED) is 0.0345. The topological polar surface area (TPSA) is 370 Å². The van der Waals surface area contributed by atoms with Crippen LogP contribution in [0.3, 0.4) is 0 Å². The summed E-state index contributed by atoms with van der Waals surface area (Å²) in [4.78, 5) is 115. The number of amides is 8. The van der Waals surface area contributed by atoms with Crippen LogP contribution in [0.2, 0.25) is 0 Å². The van der Waals surface area contributed by atoms with E-state index in [0.717, 1.165) is 0 Å². The van der Waals surface area contributed by atoms with Crippen molar-refractivity contribution in [2.75, 3.05) is 6.54 Å². The van der Waals surface area contributed by atoms with E-state index in [1.807, 2.05) is 13.8 Å². The number of carbonyl (C=O) groups is 9. The lowest BCUT2D eigenvalue weighted by Gasteiger charge is -2.30. The molecule has 0 unspecified atom stereocenters. The van der Waals surface area contributed by atoms with Crippen molar-refractivity contribution in [3.63, 3.8) is 0 Å². The number of rotatable bonds is 28. The first-order valence-electron chi connectivity index (χ1n) is 19.2. The minimum atomic E-state index is -1.69. The molecule has 0 aliphatic heterocycles.